The summed E-state index contributed by atoms with van der Waals surface area (Å²) in [5.74, 6) is -1.93. The van der Waals surface area contributed by atoms with Crippen LogP contribution in [0, 0.1) is 0 Å². The number of rotatable bonds is 14. The van der Waals surface area contributed by atoms with E-state index in [1.807, 2.05) is 30.3 Å². The van der Waals surface area contributed by atoms with Crippen LogP contribution in [0.3, 0.4) is 0 Å². The SMILES string of the molecule is CCOC(=O)CNC(=O)C(CCCN)NC(=O)C(Cc1ccccc1)NC(=O)CNC. The first-order valence-electron chi connectivity index (χ1n) is 10.3. The molecule has 3 amide bonds. The van der Waals surface area contributed by atoms with Crippen LogP contribution in [0.1, 0.15) is 25.3 Å². The summed E-state index contributed by atoms with van der Waals surface area (Å²) in [4.78, 5) is 49.1. The predicted molar refractivity (Wildman–Crippen MR) is 116 cm³/mol. The minimum absolute atomic E-state index is 0.0508. The van der Waals surface area contributed by atoms with Crippen LogP contribution in [0.5, 0.6) is 0 Å². The molecule has 172 valence electrons. The van der Waals surface area contributed by atoms with Crippen molar-refractivity contribution >= 4 is 23.7 Å². The molecule has 31 heavy (non-hydrogen) atoms. The Hall–Kier alpha value is -2.98. The molecule has 0 aliphatic rings. The molecule has 0 radical (unpaired) electrons. The average molecular weight is 436 g/mol. The van der Waals surface area contributed by atoms with Gasteiger partial charge in [0.1, 0.15) is 18.6 Å². The van der Waals surface area contributed by atoms with Gasteiger partial charge >= 0.3 is 5.97 Å². The van der Waals surface area contributed by atoms with Crippen LogP contribution >= 0.6 is 0 Å². The second-order valence-electron chi connectivity index (χ2n) is 6.86. The molecule has 2 atom stereocenters. The summed E-state index contributed by atoms with van der Waals surface area (Å²) in [6, 6.07) is 7.46. The topological polar surface area (TPSA) is 152 Å². The quantitative estimate of drug-likeness (QED) is 0.231. The first-order valence-corrected chi connectivity index (χ1v) is 10.3. The molecule has 0 aliphatic carbocycles. The standard InChI is InChI=1S/C21H33N5O5/c1-3-31-19(28)14-24-20(29)16(10-7-11-22)26-21(30)17(25-18(27)13-23-2)12-15-8-5-4-6-9-15/h4-6,8-9,16-17,23H,3,7,10-14,22H2,1-2H3,(H,24,29)(H,25,27)(H,26,30). The maximum atomic E-state index is 13.0. The third-order valence-corrected chi connectivity index (χ3v) is 4.31. The lowest BCUT2D eigenvalue weighted by Crippen LogP contribution is -2.55. The summed E-state index contributed by atoms with van der Waals surface area (Å²) >= 11 is 0. The fourth-order valence-corrected chi connectivity index (χ4v) is 2.82. The van der Waals surface area contributed by atoms with E-state index < -0.39 is 29.9 Å². The van der Waals surface area contributed by atoms with E-state index >= 15 is 0 Å². The predicted octanol–water partition coefficient (Wildman–Crippen LogP) is -1.16. The highest BCUT2D eigenvalue weighted by atomic mass is 16.5. The molecule has 0 bridgehead atoms. The van der Waals surface area contributed by atoms with Crippen LogP contribution in [0.15, 0.2) is 30.3 Å². The van der Waals surface area contributed by atoms with Gasteiger partial charge in [0, 0.05) is 6.42 Å². The van der Waals surface area contributed by atoms with Gasteiger partial charge in [-0.05, 0) is 38.9 Å². The lowest BCUT2D eigenvalue weighted by Gasteiger charge is -2.23. The molecule has 0 aliphatic heterocycles. The number of nitrogens with one attached hydrogen (secondary N) is 4. The summed E-state index contributed by atoms with van der Waals surface area (Å²) in [6.45, 7) is 1.96. The van der Waals surface area contributed by atoms with Crippen molar-refractivity contribution in [1.29, 1.82) is 0 Å². The molecule has 10 heteroatoms. The Morgan fingerprint density at radius 1 is 1.00 bits per heavy atom. The second kappa shape index (κ2) is 14.9. The number of hydrogen-bond donors (Lipinski definition) is 5. The Labute approximate surface area is 182 Å². The van der Waals surface area contributed by atoms with Gasteiger partial charge in [0.05, 0.1) is 13.2 Å². The highest BCUT2D eigenvalue weighted by Gasteiger charge is 2.27. The number of nitrogens with two attached hydrogens (primary N) is 1. The van der Waals surface area contributed by atoms with Gasteiger partial charge in [-0.1, -0.05) is 30.3 Å². The largest absolute Gasteiger partial charge is 0.465 e. The highest BCUT2D eigenvalue weighted by molar-refractivity contribution is 5.93. The van der Waals surface area contributed by atoms with Crippen molar-refractivity contribution in [2.24, 2.45) is 5.73 Å². The van der Waals surface area contributed by atoms with Crippen molar-refractivity contribution in [3.8, 4) is 0 Å². The van der Waals surface area contributed by atoms with Gasteiger partial charge in [0.15, 0.2) is 0 Å². The van der Waals surface area contributed by atoms with Crippen LogP contribution in [0.2, 0.25) is 0 Å². The summed E-state index contributed by atoms with van der Waals surface area (Å²) in [5, 5.41) is 10.6. The normalized spacial score (nSPS) is 12.4. The van der Waals surface area contributed by atoms with E-state index in [1.165, 1.54) is 0 Å². The number of benzene rings is 1. The molecular formula is C21H33N5O5. The molecule has 0 spiro atoms. The Bertz CT molecular complexity index is 713. The van der Waals surface area contributed by atoms with E-state index in [1.54, 1.807) is 14.0 Å². The monoisotopic (exact) mass is 435 g/mol. The third kappa shape index (κ3) is 10.6. The molecule has 0 saturated heterocycles. The third-order valence-electron chi connectivity index (χ3n) is 4.31. The van der Waals surface area contributed by atoms with Gasteiger partial charge in [0.2, 0.25) is 17.7 Å². The van der Waals surface area contributed by atoms with Crippen molar-refractivity contribution in [2.75, 3.05) is 33.3 Å². The molecule has 0 heterocycles. The minimum atomic E-state index is -0.898. The van der Waals surface area contributed by atoms with Gasteiger partial charge in [-0.25, -0.2) is 0 Å². The van der Waals surface area contributed by atoms with Crippen molar-refractivity contribution in [3.63, 3.8) is 0 Å². The molecule has 0 aromatic heterocycles. The van der Waals surface area contributed by atoms with Gasteiger partial charge in [-0.15, -0.1) is 0 Å². The lowest BCUT2D eigenvalue weighted by atomic mass is 10.0. The van der Waals surface area contributed by atoms with Crippen LogP contribution < -0.4 is 27.0 Å². The van der Waals surface area contributed by atoms with E-state index in [0.717, 1.165) is 5.56 Å². The van der Waals surface area contributed by atoms with E-state index in [2.05, 4.69) is 21.3 Å². The molecule has 2 unspecified atom stereocenters. The number of carbonyl (C=O) groups is 4. The van der Waals surface area contributed by atoms with Crippen molar-refractivity contribution in [2.45, 2.75) is 38.3 Å². The molecular weight excluding hydrogens is 402 g/mol. The molecule has 0 saturated carbocycles. The maximum Gasteiger partial charge on any atom is 0.325 e. The fraction of sp³-hybridized carbons (Fsp3) is 0.524. The van der Waals surface area contributed by atoms with Crippen molar-refractivity contribution in [3.05, 3.63) is 35.9 Å². The molecule has 6 N–H and O–H groups in total. The molecule has 1 aromatic carbocycles. The number of likely N-dealkylation sites (N-methyl/N-ethyl adjacent to an activating group) is 1. The first-order chi connectivity index (χ1) is 14.9. The van der Waals surface area contributed by atoms with Crippen LogP contribution in [0.4, 0.5) is 0 Å². The smallest absolute Gasteiger partial charge is 0.325 e. The van der Waals surface area contributed by atoms with Gasteiger partial charge in [0.25, 0.3) is 0 Å². The lowest BCUT2D eigenvalue weighted by molar-refractivity contribution is -0.143. The highest BCUT2D eigenvalue weighted by Crippen LogP contribution is 2.05. The molecule has 1 aromatic rings. The average Bonchev–Trinajstić information content (AvgIpc) is 2.75. The number of esters is 1. The summed E-state index contributed by atoms with van der Waals surface area (Å²) in [7, 11) is 1.63. The van der Waals surface area contributed by atoms with Gasteiger partial charge in [-0.3, -0.25) is 19.2 Å². The Morgan fingerprint density at radius 2 is 1.71 bits per heavy atom. The van der Waals surface area contributed by atoms with Gasteiger partial charge < -0.3 is 31.7 Å². The number of hydrogen-bond acceptors (Lipinski definition) is 7. The van der Waals surface area contributed by atoms with Crippen molar-refractivity contribution < 1.29 is 23.9 Å². The van der Waals surface area contributed by atoms with E-state index in [4.69, 9.17) is 10.5 Å². The summed E-state index contributed by atoms with van der Waals surface area (Å²) in [6.07, 6.45) is 1.04. The zero-order valence-corrected chi connectivity index (χ0v) is 18.1. The summed E-state index contributed by atoms with van der Waals surface area (Å²) < 4.78 is 4.79. The van der Waals surface area contributed by atoms with E-state index in [-0.39, 0.29) is 32.0 Å². The second-order valence-corrected chi connectivity index (χ2v) is 6.86. The molecule has 10 nitrogen and oxygen atoms in total. The van der Waals surface area contributed by atoms with Crippen molar-refractivity contribution in [1.82, 2.24) is 21.3 Å². The molecule has 1 rings (SSSR count). The van der Waals surface area contributed by atoms with E-state index in [0.29, 0.717) is 19.4 Å². The van der Waals surface area contributed by atoms with Gasteiger partial charge in [-0.2, -0.15) is 0 Å². The fourth-order valence-electron chi connectivity index (χ4n) is 2.82. The number of ether oxygens (including phenoxy) is 1. The first kappa shape index (κ1) is 26.1. The number of amides is 3. The number of carbonyl (C=O) groups excluding carboxylic acids is 4. The maximum absolute atomic E-state index is 13.0. The zero-order chi connectivity index (χ0) is 23.1. The Morgan fingerprint density at radius 3 is 2.32 bits per heavy atom. The van der Waals surface area contributed by atoms with E-state index in [9.17, 15) is 19.2 Å². The Balaban J connectivity index is 2.87. The molecule has 0 fully saturated rings. The van der Waals surface area contributed by atoms with Crippen LogP contribution in [-0.2, 0) is 30.3 Å². The Kier molecular flexibility index (Phi) is 12.5. The zero-order valence-electron chi connectivity index (χ0n) is 18.1. The minimum Gasteiger partial charge on any atom is -0.465 e. The summed E-state index contributed by atoms with van der Waals surface area (Å²) in [5.41, 5.74) is 6.41. The van der Waals surface area contributed by atoms with Crippen LogP contribution in [-0.4, -0.2) is 69.1 Å². The van der Waals surface area contributed by atoms with Crippen LogP contribution in [0.25, 0.3) is 0 Å².